The number of rotatable bonds is 2. The zero-order valence-electron chi connectivity index (χ0n) is 10.3. The fraction of sp³-hybridized carbons (Fsp3) is 0.727. The molecule has 3 amide bonds. The van der Waals surface area contributed by atoms with Crippen LogP contribution in [-0.2, 0) is 9.59 Å². The normalized spacial score (nSPS) is 20.9. The smallest absolute Gasteiger partial charge is 0.320 e. The van der Waals surface area contributed by atoms with Crippen LogP contribution in [0.5, 0.6) is 0 Å². The van der Waals surface area contributed by atoms with Crippen LogP contribution in [0.2, 0.25) is 0 Å². The van der Waals surface area contributed by atoms with E-state index in [4.69, 9.17) is 5.11 Å². The van der Waals surface area contributed by atoms with Crippen LogP contribution in [0.3, 0.4) is 0 Å². The van der Waals surface area contributed by atoms with Gasteiger partial charge in [-0.3, -0.25) is 9.59 Å². The summed E-state index contributed by atoms with van der Waals surface area (Å²) in [6.45, 7) is 2.17. The van der Waals surface area contributed by atoms with Gasteiger partial charge in [0.25, 0.3) is 0 Å². The number of hydrogen-bond acceptors (Lipinski definition) is 3. The van der Waals surface area contributed by atoms with Crippen molar-refractivity contribution in [2.75, 3.05) is 39.8 Å². The molecule has 0 aromatic rings. The van der Waals surface area contributed by atoms with E-state index < -0.39 is 5.97 Å². The molecule has 1 N–H and O–H groups in total. The molecule has 2 saturated heterocycles. The van der Waals surface area contributed by atoms with Gasteiger partial charge in [-0.25, -0.2) is 4.79 Å². The predicted molar refractivity (Wildman–Crippen MR) is 61.9 cm³/mol. The van der Waals surface area contributed by atoms with Crippen LogP contribution in [-0.4, -0.2) is 77.5 Å². The maximum absolute atomic E-state index is 12.0. The third-order valence-corrected chi connectivity index (χ3v) is 3.42. The maximum atomic E-state index is 12.0. The van der Waals surface area contributed by atoms with E-state index in [1.54, 1.807) is 16.8 Å². The van der Waals surface area contributed by atoms with Gasteiger partial charge in [-0.05, 0) is 0 Å². The van der Waals surface area contributed by atoms with Gasteiger partial charge in [0.2, 0.25) is 5.91 Å². The van der Waals surface area contributed by atoms with Crippen molar-refractivity contribution in [1.29, 1.82) is 0 Å². The summed E-state index contributed by atoms with van der Waals surface area (Å²) in [5, 5.41) is 8.62. The number of carboxylic acid groups (broad SMARTS) is 1. The van der Waals surface area contributed by atoms with Gasteiger partial charge >= 0.3 is 12.0 Å². The standard InChI is InChI=1S/C11H17N3O4/c1-12-2-3-13(7-9(12)15)11(18)14-5-8(6-14)4-10(16)17/h8H,2-7H2,1H3,(H,16,17). The molecule has 7 heteroatoms. The first-order valence-corrected chi connectivity index (χ1v) is 5.97. The van der Waals surface area contributed by atoms with E-state index in [2.05, 4.69) is 0 Å². The van der Waals surface area contributed by atoms with Crippen LogP contribution >= 0.6 is 0 Å². The van der Waals surface area contributed by atoms with Crippen molar-refractivity contribution in [3.8, 4) is 0 Å². The predicted octanol–water partition coefficient (Wildman–Crippen LogP) is -0.713. The highest BCUT2D eigenvalue weighted by molar-refractivity contribution is 5.85. The number of urea groups is 1. The van der Waals surface area contributed by atoms with Crippen LogP contribution in [0, 0.1) is 5.92 Å². The van der Waals surface area contributed by atoms with Crippen molar-refractivity contribution in [3.63, 3.8) is 0 Å². The zero-order valence-corrected chi connectivity index (χ0v) is 10.3. The van der Waals surface area contributed by atoms with E-state index in [1.165, 1.54) is 4.90 Å². The second-order valence-electron chi connectivity index (χ2n) is 4.89. The monoisotopic (exact) mass is 255 g/mol. The van der Waals surface area contributed by atoms with E-state index in [0.717, 1.165) is 0 Å². The SMILES string of the molecule is CN1CCN(C(=O)N2CC(CC(=O)O)C2)CC1=O. The molecule has 0 saturated carbocycles. The average molecular weight is 255 g/mol. The molecule has 0 aromatic heterocycles. The molecule has 0 atom stereocenters. The number of carboxylic acids is 1. The van der Waals surface area contributed by atoms with Crippen LogP contribution in [0.1, 0.15) is 6.42 Å². The zero-order chi connectivity index (χ0) is 13.3. The van der Waals surface area contributed by atoms with Gasteiger partial charge in [0, 0.05) is 39.1 Å². The number of carbonyl (C=O) groups is 3. The molecule has 2 aliphatic rings. The average Bonchev–Trinajstić information content (AvgIpc) is 2.25. The minimum Gasteiger partial charge on any atom is -0.481 e. The van der Waals surface area contributed by atoms with E-state index in [9.17, 15) is 14.4 Å². The Hall–Kier alpha value is -1.79. The number of amides is 3. The van der Waals surface area contributed by atoms with Crippen LogP contribution < -0.4 is 0 Å². The Balaban J connectivity index is 1.80. The summed E-state index contributed by atoms with van der Waals surface area (Å²) in [6, 6.07) is -0.155. The van der Waals surface area contributed by atoms with Gasteiger partial charge in [-0.1, -0.05) is 0 Å². The van der Waals surface area contributed by atoms with Gasteiger partial charge in [0.15, 0.2) is 0 Å². The van der Waals surface area contributed by atoms with Gasteiger partial charge in [-0.15, -0.1) is 0 Å². The summed E-state index contributed by atoms with van der Waals surface area (Å²) >= 11 is 0. The Labute approximate surface area is 105 Å². The van der Waals surface area contributed by atoms with E-state index >= 15 is 0 Å². The first kappa shape index (κ1) is 12.7. The van der Waals surface area contributed by atoms with Crippen LogP contribution in [0.25, 0.3) is 0 Å². The van der Waals surface area contributed by atoms with E-state index in [1.807, 2.05) is 0 Å². The molecular weight excluding hydrogens is 238 g/mol. The number of carbonyl (C=O) groups excluding carboxylic acids is 2. The fourth-order valence-electron chi connectivity index (χ4n) is 2.22. The van der Waals surface area contributed by atoms with Crippen molar-refractivity contribution < 1.29 is 19.5 Å². The number of likely N-dealkylation sites (tertiary alicyclic amines) is 1. The Morgan fingerprint density at radius 2 is 1.94 bits per heavy atom. The lowest BCUT2D eigenvalue weighted by Crippen LogP contribution is -2.59. The Morgan fingerprint density at radius 1 is 1.28 bits per heavy atom. The number of piperazine rings is 1. The first-order valence-electron chi connectivity index (χ1n) is 5.97. The van der Waals surface area contributed by atoms with Crippen LogP contribution in [0.15, 0.2) is 0 Å². The van der Waals surface area contributed by atoms with Crippen LogP contribution in [0.4, 0.5) is 4.79 Å². The van der Waals surface area contributed by atoms with Gasteiger partial charge in [-0.2, -0.15) is 0 Å². The second-order valence-corrected chi connectivity index (χ2v) is 4.89. The lowest BCUT2D eigenvalue weighted by atomic mass is 9.97. The minimum absolute atomic E-state index is 0.0506. The number of aliphatic carboxylic acids is 1. The minimum atomic E-state index is -0.832. The van der Waals surface area contributed by atoms with Gasteiger partial charge in [0.1, 0.15) is 6.54 Å². The Kier molecular flexibility index (Phi) is 3.40. The van der Waals surface area contributed by atoms with Crippen molar-refractivity contribution in [3.05, 3.63) is 0 Å². The van der Waals surface area contributed by atoms with E-state index in [0.29, 0.717) is 26.2 Å². The molecule has 7 nitrogen and oxygen atoms in total. The Morgan fingerprint density at radius 3 is 2.50 bits per heavy atom. The number of nitrogens with zero attached hydrogens (tertiary/aromatic N) is 3. The van der Waals surface area contributed by atoms with Crippen molar-refractivity contribution in [2.45, 2.75) is 6.42 Å². The molecule has 0 unspecified atom stereocenters. The molecule has 0 spiro atoms. The molecule has 2 aliphatic heterocycles. The summed E-state index contributed by atoms with van der Waals surface area (Å²) < 4.78 is 0. The lowest BCUT2D eigenvalue weighted by Gasteiger charge is -2.43. The second kappa shape index (κ2) is 4.83. The topological polar surface area (TPSA) is 81.2 Å². The molecule has 2 heterocycles. The molecule has 2 rings (SSSR count). The summed E-state index contributed by atoms with van der Waals surface area (Å²) in [5.74, 6) is -0.839. The highest BCUT2D eigenvalue weighted by atomic mass is 16.4. The summed E-state index contributed by atoms with van der Waals surface area (Å²) in [4.78, 5) is 38.7. The summed E-state index contributed by atoms with van der Waals surface area (Å²) in [7, 11) is 1.72. The van der Waals surface area contributed by atoms with E-state index in [-0.39, 0.29) is 30.8 Å². The third-order valence-electron chi connectivity index (χ3n) is 3.42. The quantitative estimate of drug-likeness (QED) is 0.706. The molecule has 18 heavy (non-hydrogen) atoms. The van der Waals surface area contributed by atoms with Crippen molar-refractivity contribution in [2.24, 2.45) is 5.92 Å². The number of likely N-dealkylation sites (N-methyl/N-ethyl adjacent to an activating group) is 1. The largest absolute Gasteiger partial charge is 0.481 e. The highest BCUT2D eigenvalue weighted by Gasteiger charge is 2.36. The highest BCUT2D eigenvalue weighted by Crippen LogP contribution is 2.21. The molecule has 0 radical (unpaired) electrons. The van der Waals surface area contributed by atoms with Gasteiger partial charge in [0.05, 0.1) is 6.42 Å². The van der Waals surface area contributed by atoms with Gasteiger partial charge < -0.3 is 19.8 Å². The molecule has 0 aromatic carbocycles. The molecule has 0 bridgehead atoms. The molecular formula is C11H17N3O4. The van der Waals surface area contributed by atoms with Crippen molar-refractivity contribution >= 4 is 17.9 Å². The van der Waals surface area contributed by atoms with Crippen molar-refractivity contribution in [1.82, 2.24) is 14.7 Å². The first-order chi connectivity index (χ1) is 8.47. The maximum Gasteiger partial charge on any atom is 0.320 e. The third kappa shape index (κ3) is 2.55. The summed E-state index contributed by atoms with van der Waals surface area (Å²) in [6.07, 6.45) is 0.103. The fourth-order valence-corrected chi connectivity index (χ4v) is 2.22. The number of hydrogen-bond donors (Lipinski definition) is 1. The lowest BCUT2D eigenvalue weighted by molar-refractivity contribution is -0.139. The Bertz CT molecular complexity index is 378. The summed E-state index contributed by atoms with van der Waals surface area (Å²) in [5.41, 5.74) is 0. The molecule has 0 aliphatic carbocycles. The molecule has 100 valence electrons. The molecule has 2 fully saturated rings.